The van der Waals surface area contributed by atoms with E-state index in [1.54, 1.807) is 0 Å². The Morgan fingerprint density at radius 1 is 1.33 bits per heavy atom. The van der Waals surface area contributed by atoms with Gasteiger partial charge in [0.25, 0.3) is 0 Å². The molecule has 1 aromatic carbocycles. The van der Waals surface area contributed by atoms with Crippen molar-refractivity contribution in [3.05, 3.63) is 33.3 Å². The van der Waals surface area contributed by atoms with Crippen molar-refractivity contribution in [3.8, 4) is 0 Å². The molecule has 0 aliphatic carbocycles. The minimum absolute atomic E-state index is 0.159. The van der Waals surface area contributed by atoms with Crippen molar-refractivity contribution in [2.75, 3.05) is 13.1 Å². The second-order valence-corrected chi connectivity index (χ2v) is 8.56. The van der Waals surface area contributed by atoms with Gasteiger partial charge in [-0.3, -0.25) is 4.90 Å². The lowest BCUT2D eigenvalue weighted by molar-refractivity contribution is 0.0470. The average Bonchev–Trinajstić information content (AvgIpc) is 2.43. The van der Waals surface area contributed by atoms with Crippen molar-refractivity contribution in [2.24, 2.45) is 0 Å². The number of likely N-dealkylation sites (tertiary alicyclic amines) is 1. The molecule has 1 aromatic rings. The summed E-state index contributed by atoms with van der Waals surface area (Å²) in [5.74, 6) is 0. The molecule has 1 amide bonds. The first kappa shape index (κ1) is 19.3. The molecule has 1 fully saturated rings. The van der Waals surface area contributed by atoms with Gasteiger partial charge in [0.05, 0.1) is 0 Å². The Kier molecular flexibility index (Phi) is 6.32. The summed E-state index contributed by atoms with van der Waals surface area (Å²) in [7, 11) is 0. The smallest absolute Gasteiger partial charge is 0.407 e. The van der Waals surface area contributed by atoms with Crippen LogP contribution in [0, 0.1) is 13.8 Å². The van der Waals surface area contributed by atoms with Crippen LogP contribution in [0.15, 0.2) is 16.6 Å². The summed E-state index contributed by atoms with van der Waals surface area (Å²) in [6.07, 6.45) is 1.79. The van der Waals surface area contributed by atoms with Gasteiger partial charge in [0, 0.05) is 23.6 Å². The number of halogens is 1. The van der Waals surface area contributed by atoms with E-state index in [4.69, 9.17) is 4.74 Å². The molecule has 0 bridgehead atoms. The van der Waals surface area contributed by atoms with Gasteiger partial charge < -0.3 is 10.1 Å². The summed E-state index contributed by atoms with van der Waals surface area (Å²) in [6.45, 7) is 12.8. The summed E-state index contributed by atoms with van der Waals surface area (Å²) < 4.78 is 6.55. The van der Waals surface area contributed by atoms with Crippen molar-refractivity contribution < 1.29 is 9.53 Å². The maximum atomic E-state index is 12.0. The Hall–Kier alpha value is -1.07. The van der Waals surface area contributed by atoms with Crippen LogP contribution in [0.2, 0.25) is 0 Å². The molecular weight excluding hydrogens is 368 g/mol. The molecule has 4 nitrogen and oxygen atoms in total. The van der Waals surface area contributed by atoms with Crippen LogP contribution >= 0.6 is 15.9 Å². The Labute approximate surface area is 154 Å². The molecular formula is C19H29BrN2O2. The maximum absolute atomic E-state index is 12.0. The third-order valence-corrected chi connectivity index (χ3v) is 5.38. The van der Waals surface area contributed by atoms with Crippen molar-refractivity contribution in [2.45, 2.75) is 65.6 Å². The van der Waals surface area contributed by atoms with Gasteiger partial charge in [-0.1, -0.05) is 28.1 Å². The summed E-state index contributed by atoms with van der Waals surface area (Å²) in [5.41, 5.74) is 3.41. The van der Waals surface area contributed by atoms with Crippen LogP contribution in [0.3, 0.4) is 0 Å². The normalized spacial score (nSPS) is 19.2. The fourth-order valence-electron chi connectivity index (χ4n) is 3.18. The van der Waals surface area contributed by atoms with Crippen molar-refractivity contribution in [1.29, 1.82) is 0 Å². The number of benzene rings is 1. The molecule has 2 rings (SSSR count). The molecule has 1 saturated heterocycles. The van der Waals surface area contributed by atoms with Crippen molar-refractivity contribution in [1.82, 2.24) is 10.2 Å². The predicted octanol–water partition coefficient (Wildman–Crippen LogP) is 4.56. The van der Waals surface area contributed by atoms with Gasteiger partial charge in [-0.25, -0.2) is 4.79 Å². The maximum Gasteiger partial charge on any atom is 0.407 e. The van der Waals surface area contributed by atoms with E-state index >= 15 is 0 Å². The molecule has 1 atom stereocenters. The monoisotopic (exact) mass is 396 g/mol. The standard InChI is InChI=1S/C19H29BrN2O2/c1-13-9-15(10-14(2)17(13)20)11-22-8-6-7-16(12-22)21-18(23)24-19(3,4)5/h9-10,16H,6-8,11-12H2,1-5H3,(H,21,23). The van der Waals surface area contributed by atoms with Crippen LogP contribution in [0.4, 0.5) is 4.79 Å². The number of nitrogens with one attached hydrogen (secondary N) is 1. The number of amides is 1. The number of carbonyl (C=O) groups excluding carboxylic acids is 1. The Morgan fingerprint density at radius 3 is 2.54 bits per heavy atom. The first-order valence-corrected chi connectivity index (χ1v) is 9.41. The number of rotatable bonds is 3. The molecule has 0 spiro atoms. The summed E-state index contributed by atoms with van der Waals surface area (Å²) in [5, 5.41) is 3.01. The van der Waals surface area contributed by atoms with E-state index in [1.807, 2.05) is 20.8 Å². The fraction of sp³-hybridized carbons (Fsp3) is 0.632. The van der Waals surface area contributed by atoms with Crippen LogP contribution in [-0.4, -0.2) is 35.7 Å². The van der Waals surface area contributed by atoms with Crippen LogP contribution in [0.5, 0.6) is 0 Å². The van der Waals surface area contributed by atoms with E-state index in [1.165, 1.54) is 21.2 Å². The number of carbonyl (C=O) groups is 1. The lowest BCUT2D eigenvalue weighted by atomic mass is 10.0. The number of hydrogen-bond acceptors (Lipinski definition) is 3. The minimum Gasteiger partial charge on any atom is -0.444 e. The molecule has 134 valence electrons. The van der Waals surface area contributed by atoms with E-state index in [2.05, 4.69) is 52.1 Å². The number of aryl methyl sites for hydroxylation is 2. The van der Waals surface area contributed by atoms with Gasteiger partial charge in [-0.05, 0) is 70.7 Å². The first-order valence-electron chi connectivity index (χ1n) is 8.61. The van der Waals surface area contributed by atoms with Crippen molar-refractivity contribution in [3.63, 3.8) is 0 Å². The number of hydrogen-bond donors (Lipinski definition) is 1. The SMILES string of the molecule is Cc1cc(CN2CCCC(NC(=O)OC(C)(C)C)C2)cc(C)c1Br. The molecule has 0 aromatic heterocycles. The van der Waals surface area contributed by atoms with Crippen LogP contribution in [0.25, 0.3) is 0 Å². The zero-order chi connectivity index (χ0) is 17.9. The quantitative estimate of drug-likeness (QED) is 0.813. The Bertz CT molecular complexity index is 573. The Morgan fingerprint density at radius 2 is 1.96 bits per heavy atom. The van der Waals surface area contributed by atoms with Gasteiger partial charge in [-0.15, -0.1) is 0 Å². The zero-order valence-electron chi connectivity index (χ0n) is 15.4. The van der Waals surface area contributed by atoms with Gasteiger partial charge >= 0.3 is 6.09 Å². The lowest BCUT2D eigenvalue weighted by Crippen LogP contribution is -2.48. The van der Waals surface area contributed by atoms with E-state index < -0.39 is 5.60 Å². The molecule has 1 N–H and O–H groups in total. The van der Waals surface area contributed by atoms with Gasteiger partial charge in [0.2, 0.25) is 0 Å². The van der Waals surface area contributed by atoms with Crippen LogP contribution in [-0.2, 0) is 11.3 Å². The molecule has 0 radical (unpaired) electrons. The number of ether oxygens (including phenoxy) is 1. The molecule has 24 heavy (non-hydrogen) atoms. The molecule has 1 unspecified atom stereocenters. The van der Waals surface area contributed by atoms with Crippen LogP contribution in [0.1, 0.15) is 50.3 Å². The summed E-state index contributed by atoms with van der Waals surface area (Å²) in [6, 6.07) is 4.63. The van der Waals surface area contributed by atoms with E-state index in [0.717, 1.165) is 32.5 Å². The zero-order valence-corrected chi connectivity index (χ0v) is 17.0. The molecule has 1 heterocycles. The highest BCUT2D eigenvalue weighted by Gasteiger charge is 2.24. The molecule has 5 heteroatoms. The topological polar surface area (TPSA) is 41.6 Å². The molecule has 1 aliphatic rings. The highest BCUT2D eigenvalue weighted by atomic mass is 79.9. The number of piperidine rings is 1. The highest BCUT2D eigenvalue weighted by Crippen LogP contribution is 2.24. The highest BCUT2D eigenvalue weighted by molar-refractivity contribution is 9.10. The van der Waals surface area contributed by atoms with Crippen molar-refractivity contribution >= 4 is 22.0 Å². The molecule has 1 aliphatic heterocycles. The summed E-state index contributed by atoms with van der Waals surface area (Å²) in [4.78, 5) is 14.4. The number of nitrogens with zero attached hydrogens (tertiary/aromatic N) is 1. The van der Waals surface area contributed by atoms with Gasteiger partial charge in [0.1, 0.15) is 5.60 Å². The second-order valence-electron chi connectivity index (χ2n) is 7.76. The second kappa shape index (κ2) is 7.87. The third-order valence-electron chi connectivity index (χ3n) is 4.13. The fourth-order valence-corrected chi connectivity index (χ4v) is 3.41. The lowest BCUT2D eigenvalue weighted by Gasteiger charge is -2.33. The van der Waals surface area contributed by atoms with Gasteiger partial charge in [0.15, 0.2) is 0 Å². The van der Waals surface area contributed by atoms with E-state index in [0.29, 0.717) is 0 Å². The average molecular weight is 397 g/mol. The largest absolute Gasteiger partial charge is 0.444 e. The third kappa shape index (κ3) is 5.78. The number of alkyl carbamates (subject to hydrolysis) is 1. The van der Waals surface area contributed by atoms with E-state index in [9.17, 15) is 4.79 Å². The van der Waals surface area contributed by atoms with Gasteiger partial charge in [-0.2, -0.15) is 0 Å². The van der Waals surface area contributed by atoms with Crippen LogP contribution < -0.4 is 5.32 Å². The molecule has 0 saturated carbocycles. The summed E-state index contributed by atoms with van der Waals surface area (Å²) >= 11 is 3.62. The van der Waals surface area contributed by atoms with E-state index in [-0.39, 0.29) is 12.1 Å². The first-order chi connectivity index (χ1) is 11.1. The minimum atomic E-state index is -0.453. The predicted molar refractivity (Wildman–Crippen MR) is 101 cm³/mol. The Balaban J connectivity index is 1.92.